The van der Waals surface area contributed by atoms with Crippen molar-refractivity contribution in [2.24, 2.45) is 5.18 Å². The van der Waals surface area contributed by atoms with Crippen molar-refractivity contribution < 1.29 is 4.74 Å². The molecule has 1 fully saturated rings. The number of nitrogens with zero attached hydrogens (tertiary/aromatic N) is 5. The Labute approximate surface area is 102 Å². The third kappa shape index (κ3) is 1.70. The molecule has 2 aromatic heterocycles. The summed E-state index contributed by atoms with van der Waals surface area (Å²) in [6.07, 6.45) is 4.35. The molecule has 3 rings (SSSR count). The number of nitrogens with two attached hydrogens (primary N) is 1. The molecule has 1 aliphatic rings. The van der Waals surface area contributed by atoms with E-state index >= 15 is 0 Å². The summed E-state index contributed by atoms with van der Waals surface area (Å²) in [7, 11) is 0. The van der Waals surface area contributed by atoms with Gasteiger partial charge in [-0.1, -0.05) is 5.18 Å². The number of fused-ring (bicyclic) bond motifs is 1. The summed E-state index contributed by atoms with van der Waals surface area (Å²) in [5.41, 5.74) is 6.93. The van der Waals surface area contributed by atoms with Crippen LogP contribution in [0.15, 0.2) is 17.8 Å². The minimum Gasteiger partial charge on any atom is -0.382 e. The lowest BCUT2D eigenvalue weighted by Gasteiger charge is -2.13. The smallest absolute Gasteiger partial charge is 0.167 e. The van der Waals surface area contributed by atoms with Gasteiger partial charge in [0.05, 0.1) is 12.4 Å². The third-order valence-corrected chi connectivity index (χ3v) is 3.06. The van der Waals surface area contributed by atoms with Crippen LogP contribution < -0.4 is 5.73 Å². The molecule has 1 aliphatic heterocycles. The van der Waals surface area contributed by atoms with Crippen LogP contribution in [0.25, 0.3) is 11.2 Å². The first-order valence-electron chi connectivity index (χ1n) is 5.67. The molecule has 0 spiro atoms. The number of imidazole rings is 1. The number of rotatable bonds is 3. The van der Waals surface area contributed by atoms with E-state index in [4.69, 9.17) is 10.5 Å². The predicted molar refractivity (Wildman–Crippen MR) is 63.5 cm³/mol. The molecule has 0 aromatic carbocycles. The monoisotopic (exact) mass is 248 g/mol. The van der Waals surface area contributed by atoms with Crippen molar-refractivity contribution in [1.82, 2.24) is 19.5 Å². The van der Waals surface area contributed by atoms with Crippen LogP contribution in [-0.2, 0) is 4.74 Å². The summed E-state index contributed by atoms with van der Waals surface area (Å²) >= 11 is 0. The minimum absolute atomic E-state index is 0.121. The standard InChI is InChI=1S/C10H12N6O2/c11-9-8-10(13-4-12-9)16(5-14-8)7-2-1-6(18-7)3-15-17/h4-7H,1-3H2,(H2,11,12,13). The molecule has 0 amide bonds. The second-order valence-electron chi connectivity index (χ2n) is 4.18. The molecule has 1 saturated heterocycles. The maximum absolute atomic E-state index is 10.2. The molecular formula is C10H12N6O2. The topological polar surface area (TPSA) is 108 Å². The molecule has 2 unspecified atom stereocenters. The zero-order valence-corrected chi connectivity index (χ0v) is 9.56. The average molecular weight is 248 g/mol. The number of nitroso groups, excluding NO2 is 1. The Hall–Kier alpha value is -2.09. The van der Waals surface area contributed by atoms with Gasteiger partial charge in [-0.05, 0) is 12.8 Å². The summed E-state index contributed by atoms with van der Waals surface area (Å²) < 4.78 is 7.54. The van der Waals surface area contributed by atoms with Gasteiger partial charge in [0.2, 0.25) is 0 Å². The van der Waals surface area contributed by atoms with E-state index in [9.17, 15) is 4.91 Å². The van der Waals surface area contributed by atoms with Crippen molar-refractivity contribution in [3.05, 3.63) is 17.6 Å². The fourth-order valence-electron chi connectivity index (χ4n) is 2.19. The number of nitrogen functional groups attached to an aromatic ring is 1. The van der Waals surface area contributed by atoms with Gasteiger partial charge in [0.1, 0.15) is 24.6 Å². The number of anilines is 1. The SMILES string of the molecule is Nc1ncnc2c1ncn2C1CCC(CN=O)O1. The molecule has 0 saturated carbocycles. The highest BCUT2D eigenvalue weighted by Gasteiger charge is 2.28. The summed E-state index contributed by atoms with van der Waals surface area (Å²) in [4.78, 5) is 22.5. The largest absolute Gasteiger partial charge is 0.382 e. The summed E-state index contributed by atoms with van der Waals surface area (Å²) in [6, 6.07) is 0. The Morgan fingerprint density at radius 2 is 2.33 bits per heavy atom. The molecule has 0 radical (unpaired) electrons. The second kappa shape index (κ2) is 4.30. The molecule has 8 heteroatoms. The Balaban J connectivity index is 1.91. The Kier molecular flexibility index (Phi) is 2.63. The van der Waals surface area contributed by atoms with Crippen LogP contribution in [0.3, 0.4) is 0 Å². The molecular weight excluding hydrogens is 236 g/mol. The Bertz CT molecular complexity index is 583. The van der Waals surface area contributed by atoms with Crippen LogP contribution in [0.1, 0.15) is 19.1 Å². The lowest BCUT2D eigenvalue weighted by molar-refractivity contribution is 0.00876. The number of aromatic nitrogens is 4. The molecule has 18 heavy (non-hydrogen) atoms. The normalized spacial score (nSPS) is 23.6. The Morgan fingerprint density at radius 1 is 1.44 bits per heavy atom. The van der Waals surface area contributed by atoms with Crippen molar-refractivity contribution in [2.45, 2.75) is 25.2 Å². The number of ether oxygens (including phenoxy) is 1. The molecule has 8 nitrogen and oxygen atoms in total. The highest BCUT2D eigenvalue weighted by Crippen LogP contribution is 2.30. The van der Waals surface area contributed by atoms with Crippen molar-refractivity contribution in [1.29, 1.82) is 0 Å². The first kappa shape index (κ1) is 11.0. The van der Waals surface area contributed by atoms with Gasteiger partial charge in [0.25, 0.3) is 0 Å². The highest BCUT2D eigenvalue weighted by atomic mass is 16.5. The van der Waals surface area contributed by atoms with Crippen molar-refractivity contribution in [2.75, 3.05) is 12.3 Å². The number of hydrogen-bond donors (Lipinski definition) is 1. The van der Waals surface area contributed by atoms with Crippen LogP contribution in [0.4, 0.5) is 5.82 Å². The third-order valence-electron chi connectivity index (χ3n) is 3.06. The van der Waals surface area contributed by atoms with E-state index in [1.165, 1.54) is 6.33 Å². The van der Waals surface area contributed by atoms with Crippen LogP contribution in [0.2, 0.25) is 0 Å². The summed E-state index contributed by atoms with van der Waals surface area (Å²) in [5.74, 6) is 0.350. The van der Waals surface area contributed by atoms with Crippen LogP contribution in [0.5, 0.6) is 0 Å². The van der Waals surface area contributed by atoms with Crippen molar-refractivity contribution in [3.8, 4) is 0 Å². The fourth-order valence-corrected chi connectivity index (χ4v) is 2.19. The second-order valence-corrected chi connectivity index (χ2v) is 4.18. The van der Waals surface area contributed by atoms with Crippen molar-refractivity contribution >= 4 is 17.0 Å². The first-order chi connectivity index (χ1) is 8.79. The highest BCUT2D eigenvalue weighted by molar-refractivity contribution is 5.81. The van der Waals surface area contributed by atoms with E-state index in [-0.39, 0.29) is 18.9 Å². The van der Waals surface area contributed by atoms with Crippen LogP contribution in [0, 0.1) is 4.91 Å². The van der Waals surface area contributed by atoms with Crippen molar-refractivity contribution in [3.63, 3.8) is 0 Å². The van der Waals surface area contributed by atoms with Gasteiger partial charge >= 0.3 is 0 Å². The fraction of sp³-hybridized carbons (Fsp3) is 0.500. The van der Waals surface area contributed by atoms with Gasteiger partial charge in [-0.25, -0.2) is 15.0 Å². The van der Waals surface area contributed by atoms with Gasteiger partial charge in [-0.2, -0.15) is 4.91 Å². The van der Waals surface area contributed by atoms with E-state index in [0.29, 0.717) is 17.0 Å². The summed E-state index contributed by atoms with van der Waals surface area (Å²) in [5, 5.41) is 2.86. The van der Waals surface area contributed by atoms with Gasteiger partial charge in [-0.3, -0.25) is 4.57 Å². The quantitative estimate of drug-likeness (QED) is 0.806. The van der Waals surface area contributed by atoms with E-state index in [0.717, 1.165) is 12.8 Å². The molecule has 3 heterocycles. The molecule has 2 atom stereocenters. The van der Waals surface area contributed by atoms with E-state index in [2.05, 4.69) is 20.1 Å². The average Bonchev–Trinajstić information content (AvgIpc) is 2.96. The number of hydrogen-bond acceptors (Lipinski definition) is 7. The van der Waals surface area contributed by atoms with E-state index < -0.39 is 0 Å². The molecule has 94 valence electrons. The molecule has 2 N–H and O–H groups in total. The zero-order chi connectivity index (χ0) is 12.5. The van der Waals surface area contributed by atoms with Crippen LogP contribution in [-0.4, -0.2) is 32.2 Å². The summed E-state index contributed by atoms with van der Waals surface area (Å²) in [6.45, 7) is 0.181. The van der Waals surface area contributed by atoms with Gasteiger partial charge in [0.15, 0.2) is 11.5 Å². The van der Waals surface area contributed by atoms with E-state index in [1.54, 1.807) is 6.33 Å². The maximum atomic E-state index is 10.2. The Morgan fingerprint density at radius 3 is 3.17 bits per heavy atom. The molecule has 0 aliphatic carbocycles. The van der Waals surface area contributed by atoms with E-state index in [1.807, 2.05) is 4.57 Å². The van der Waals surface area contributed by atoms with Gasteiger partial charge in [0, 0.05) is 0 Å². The maximum Gasteiger partial charge on any atom is 0.167 e. The predicted octanol–water partition coefficient (Wildman–Crippen LogP) is 0.852. The minimum atomic E-state index is -0.170. The molecule has 2 aromatic rings. The van der Waals surface area contributed by atoms with Crippen LogP contribution >= 0.6 is 0 Å². The zero-order valence-electron chi connectivity index (χ0n) is 9.56. The van der Waals surface area contributed by atoms with Gasteiger partial charge in [-0.15, -0.1) is 0 Å². The molecule has 0 bridgehead atoms. The van der Waals surface area contributed by atoms with Gasteiger partial charge < -0.3 is 10.5 Å². The first-order valence-corrected chi connectivity index (χ1v) is 5.67. The lowest BCUT2D eigenvalue weighted by Crippen LogP contribution is -2.13. The lowest BCUT2D eigenvalue weighted by atomic mass is 10.2.